The van der Waals surface area contributed by atoms with Crippen LogP contribution in [0.5, 0.6) is 5.75 Å². The van der Waals surface area contributed by atoms with E-state index in [0.29, 0.717) is 12.2 Å². The molecule has 2 rings (SSSR count). The Balaban J connectivity index is 2.13. The number of urea groups is 1. The summed E-state index contributed by atoms with van der Waals surface area (Å²) >= 11 is 0. The van der Waals surface area contributed by atoms with Crippen molar-refractivity contribution in [2.24, 2.45) is 0 Å². The van der Waals surface area contributed by atoms with Gasteiger partial charge >= 0.3 is 6.03 Å². The average Bonchev–Trinajstić information content (AvgIpc) is 2.44. The van der Waals surface area contributed by atoms with Gasteiger partial charge in [0, 0.05) is 30.7 Å². The third-order valence-corrected chi connectivity index (χ3v) is 3.05. The summed E-state index contributed by atoms with van der Waals surface area (Å²) in [6.45, 7) is 4.41. The number of carbonyl (C=O) groups is 1. The van der Waals surface area contributed by atoms with Crippen molar-refractivity contribution in [3.05, 3.63) is 52.4 Å². The molecule has 0 spiro atoms. The molecule has 0 radical (unpaired) electrons. The monoisotopic (exact) mass is 287 g/mol. The summed E-state index contributed by atoms with van der Waals surface area (Å²) in [5.74, 6) is 0.132. The van der Waals surface area contributed by atoms with Crippen LogP contribution in [-0.2, 0) is 6.54 Å². The van der Waals surface area contributed by atoms with E-state index >= 15 is 0 Å². The van der Waals surface area contributed by atoms with Gasteiger partial charge in [-0.2, -0.15) is 0 Å². The van der Waals surface area contributed by atoms with Gasteiger partial charge in [-0.1, -0.05) is 0 Å². The van der Waals surface area contributed by atoms with Crippen molar-refractivity contribution in [2.75, 3.05) is 10.6 Å². The Hall–Kier alpha value is -2.76. The molecule has 0 aliphatic rings. The van der Waals surface area contributed by atoms with E-state index in [9.17, 15) is 14.7 Å². The maximum atomic E-state index is 11.9. The quantitative estimate of drug-likeness (QED) is 0.758. The first-order valence-corrected chi connectivity index (χ1v) is 6.57. The second kappa shape index (κ2) is 6.13. The Morgan fingerprint density at radius 1 is 1.24 bits per heavy atom. The number of aryl methyl sites for hydroxylation is 2. The minimum absolute atomic E-state index is 0.132. The Bertz CT molecular complexity index is 722. The van der Waals surface area contributed by atoms with Crippen LogP contribution in [0.4, 0.5) is 16.2 Å². The molecule has 1 heterocycles. The number of aromatic hydroxyl groups is 1. The number of hydrogen-bond acceptors (Lipinski definition) is 3. The van der Waals surface area contributed by atoms with Crippen molar-refractivity contribution in [2.45, 2.75) is 20.4 Å². The smallest absolute Gasteiger partial charge is 0.323 e. The second-order valence-corrected chi connectivity index (χ2v) is 4.63. The van der Waals surface area contributed by atoms with Crippen molar-refractivity contribution < 1.29 is 9.90 Å². The lowest BCUT2D eigenvalue weighted by Crippen LogP contribution is -2.24. The number of rotatable bonds is 3. The van der Waals surface area contributed by atoms with Crippen LogP contribution in [0.15, 0.2) is 41.5 Å². The van der Waals surface area contributed by atoms with Crippen molar-refractivity contribution in [1.82, 2.24) is 4.57 Å². The highest BCUT2D eigenvalue weighted by Gasteiger charge is 2.08. The van der Waals surface area contributed by atoms with E-state index in [2.05, 4.69) is 10.6 Å². The van der Waals surface area contributed by atoms with Gasteiger partial charge in [-0.05, 0) is 37.6 Å². The molecule has 2 aromatic rings. The summed E-state index contributed by atoms with van der Waals surface area (Å²) in [5.41, 5.74) is 1.26. The number of aromatic nitrogens is 1. The summed E-state index contributed by atoms with van der Waals surface area (Å²) in [5, 5.41) is 14.5. The molecule has 110 valence electrons. The molecule has 21 heavy (non-hydrogen) atoms. The number of nitrogens with zero attached hydrogens (tertiary/aromatic N) is 1. The van der Waals surface area contributed by atoms with Crippen LogP contribution in [-0.4, -0.2) is 15.7 Å². The zero-order chi connectivity index (χ0) is 15.4. The molecule has 0 unspecified atom stereocenters. The minimum atomic E-state index is -0.505. The largest absolute Gasteiger partial charge is 0.508 e. The molecule has 6 nitrogen and oxygen atoms in total. The van der Waals surface area contributed by atoms with E-state index in [1.54, 1.807) is 36.0 Å². The van der Waals surface area contributed by atoms with E-state index in [0.717, 1.165) is 5.56 Å². The molecule has 0 atom stereocenters. The lowest BCUT2D eigenvalue weighted by atomic mass is 10.2. The lowest BCUT2D eigenvalue weighted by Gasteiger charge is -2.11. The first kappa shape index (κ1) is 14.6. The Morgan fingerprint density at radius 3 is 2.62 bits per heavy atom. The Morgan fingerprint density at radius 2 is 1.95 bits per heavy atom. The number of amides is 2. The molecule has 0 fully saturated rings. The molecule has 0 bridgehead atoms. The number of carbonyl (C=O) groups excluding carboxylic acids is 1. The zero-order valence-corrected chi connectivity index (χ0v) is 11.9. The first-order valence-electron chi connectivity index (χ1n) is 6.57. The van der Waals surface area contributed by atoms with Crippen LogP contribution in [0.3, 0.4) is 0 Å². The van der Waals surface area contributed by atoms with Crippen LogP contribution in [0, 0.1) is 6.92 Å². The Kier molecular flexibility index (Phi) is 4.27. The van der Waals surface area contributed by atoms with Gasteiger partial charge < -0.3 is 20.3 Å². The van der Waals surface area contributed by atoms with Crippen LogP contribution in [0.1, 0.15) is 12.5 Å². The first-order chi connectivity index (χ1) is 9.99. The van der Waals surface area contributed by atoms with Gasteiger partial charge in [0.2, 0.25) is 5.43 Å². The number of hydrogen-bond donors (Lipinski definition) is 3. The molecule has 0 saturated carbocycles. The predicted octanol–water partition coefficient (Wildman–Crippen LogP) is 2.53. The summed E-state index contributed by atoms with van der Waals surface area (Å²) in [4.78, 5) is 23.6. The summed E-state index contributed by atoms with van der Waals surface area (Å²) < 4.78 is 1.79. The topological polar surface area (TPSA) is 83.4 Å². The van der Waals surface area contributed by atoms with Crippen molar-refractivity contribution in [1.29, 1.82) is 0 Å². The SMILES string of the molecule is CCn1ccc(=O)c(NC(=O)Nc2ccc(O)cc2C)c1. The highest BCUT2D eigenvalue weighted by molar-refractivity contribution is 6.00. The van der Waals surface area contributed by atoms with Crippen molar-refractivity contribution in [3.8, 4) is 5.75 Å². The van der Waals surface area contributed by atoms with Crippen LogP contribution in [0.2, 0.25) is 0 Å². The van der Waals surface area contributed by atoms with Gasteiger partial charge in [-0.15, -0.1) is 0 Å². The van der Waals surface area contributed by atoms with Crippen molar-refractivity contribution in [3.63, 3.8) is 0 Å². The molecule has 1 aromatic carbocycles. The maximum absolute atomic E-state index is 11.9. The van der Waals surface area contributed by atoms with Crippen LogP contribution < -0.4 is 16.1 Å². The lowest BCUT2D eigenvalue weighted by molar-refractivity contribution is 0.262. The molecule has 0 aliphatic carbocycles. The molecule has 6 heteroatoms. The number of anilines is 2. The van der Waals surface area contributed by atoms with Gasteiger partial charge in [0.05, 0.1) is 0 Å². The number of pyridine rings is 1. The molecule has 1 aromatic heterocycles. The normalized spacial score (nSPS) is 10.2. The fourth-order valence-electron chi connectivity index (χ4n) is 1.88. The zero-order valence-electron chi connectivity index (χ0n) is 11.9. The fourth-order valence-corrected chi connectivity index (χ4v) is 1.88. The minimum Gasteiger partial charge on any atom is -0.508 e. The average molecular weight is 287 g/mol. The van der Waals surface area contributed by atoms with Crippen molar-refractivity contribution >= 4 is 17.4 Å². The van der Waals surface area contributed by atoms with E-state index in [1.165, 1.54) is 12.1 Å². The third kappa shape index (κ3) is 3.62. The summed E-state index contributed by atoms with van der Waals surface area (Å²) in [6, 6.07) is 5.52. The highest BCUT2D eigenvalue weighted by Crippen LogP contribution is 2.20. The maximum Gasteiger partial charge on any atom is 0.323 e. The molecule has 3 N–H and O–H groups in total. The van der Waals surface area contributed by atoms with Gasteiger partial charge in [-0.25, -0.2) is 4.79 Å². The second-order valence-electron chi connectivity index (χ2n) is 4.63. The number of benzene rings is 1. The summed E-state index contributed by atoms with van der Waals surface area (Å²) in [7, 11) is 0. The molecular formula is C15H17N3O3. The van der Waals surface area contributed by atoms with Crippen LogP contribution >= 0.6 is 0 Å². The predicted molar refractivity (Wildman–Crippen MR) is 81.9 cm³/mol. The van der Waals surface area contributed by atoms with E-state index in [4.69, 9.17) is 0 Å². The summed E-state index contributed by atoms with van der Waals surface area (Å²) in [6.07, 6.45) is 3.25. The van der Waals surface area contributed by atoms with E-state index in [1.807, 2.05) is 6.92 Å². The number of phenols is 1. The van der Waals surface area contributed by atoms with E-state index < -0.39 is 6.03 Å². The third-order valence-electron chi connectivity index (χ3n) is 3.05. The van der Waals surface area contributed by atoms with Gasteiger partial charge in [0.25, 0.3) is 0 Å². The number of phenolic OH excluding ortho intramolecular Hbond substituents is 1. The molecule has 2 amide bonds. The Labute approximate surface area is 122 Å². The van der Waals surface area contributed by atoms with Gasteiger partial charge in [0.15, 0.2) is 0 Å². The van der Waals surface area contributed by atoms with Crippen LogP contribution in [0.25, 0.3) is 0 Å². The van der Waals surface area contributed by atoms with Gasteiger partial charge in [0.1, 0.15) is 11.4 Å². The molecule has 0 saturated heterocycles. The molecule has 0 aliphatic heterocycles. The number of nitrogens with one attached hydrogen (secondary N) is 2. The fraction of sp³-hybridized carbons (Fsp3) is 0.200. The standard InChI is InChI=1S/C15H17N3O3/c1-3-18-7-6-14(20)13(9-18)17-15(21)16-12-5-4-11(19)8-10(12)2/h4-9,19H,3H2,1-2H3,(H2,16,17,21). The highest BCUT2D eigenvalue weighted by atomic mass is 16.3. The van der Waals surface area contributed by atoms with E-state index in [-0.39, 0.29) is 16.9 Å². The molecular weight excluding hydrogens is 270 g/mol. The van der Waals surface area contributed by atoms with Gasteiger partial charge in [-0.3, -0.25) is 4.79 Å².